The largest absolute Gasteiger partial charge is 0.458 e. The van der Waals surface area contributed by atoms with Crippen LogP contribution < -0.4 is 11.1 Å². The summed E-state index contributed by atoms with van der Waals surface area (Å²) in [5.74, 6) is 1.31. The third kappa shape index (κ3) is 3.13. The van der Waals surface area contributed by atoms with E-state index in [2.05, 4.69) is 11.4 Å². The monoisotopic (exact) mass is 426 g/mol. The predicted octanol–water partition coefficient (Wildman–Crippen LogP) is 1.85. The highest BCUT2D eigenvalue weighted by Gasteiger charge is 2.64. The van der Waals surface area contributed by atoms with E-state index in [0.717, 1.165) is 64.3 Å². The zero-order valence-corrected chi connectivity index (χ0v) is 18.2. The van der Waals surface area contributed by atoms with Crippen LogP contribution in [0.4, 0.5) is 0 Å². The summed E-state index contributed by atoms with van der Waals surface area (Å²) in [7, 11) is 0. The molecule has 7 aliphatic rings. The summed E-state index contributed by atoms with van der Waals surface area (Å²) in [6.07, 6.45) is 10.5. The molecule has 7 rings (SSSR count). The van der Waals surface area contributed by atoms with Gasteiger partial charge in [-0.15, -0.1) is 0 Å². The Morgan fingerprint density at radius 2 is 1.90 bits per heavy atom. The number of esters is 1. The first-order chi connectivity index (χ1) is 14.9. The molecule has 4 bridgehead atoms. The lowest BCUT2D eigenvalue weighted by Gasteiger charge is -2.62. The molecule has 7 nitrogen and oxygen atoms in total. The highest BCUT2D eigenvalue weighted by Crippen LogP contribution is 2.64. The molecule has 2 aliphatic heterocycles. The number of piperidine rings is 2. The van der Waals surface area contributed by atoms with Crippen molar-refractivity contribution in [1.29, 1.82) is 5.26 Å². The van der Waals surface area contributed by atoms with Crippen molar-refractivity contribution in [3.8, 4) is 6.07 Å². The maximum Gasteiger partial charge on any atom is 0.323 e. The number of nitriles is 1. The molecule has 9 atom stereocenters. The van der Waals surface area contributed by atoms with Crippen molar-refractivity contribution < 1.29 is 14.3 Å². The molecule has 6 unspecified atom stereocenters. The fraction of sp³-hybridized carbons (Fsp3) is 0.875. The molecule has 2 heterocycles. The van der Waals surface area contributed by atoms with Crippen molar-refractivity contribution in [2.75, 3.05) is 6.54 Å². The van der Waals surface area contributed by atoms with Crippen molar-refractivity contribution in [3.05, 3.63) is 0 Å². The normalized spacial score (nSPS) is 48.1. The standard InChI is InChI=1S/C24H34N4O3/c25-12-17-6-16-7-19(16)28(17)21(29)20(26)23-8-14-5-15(9-23)11-24(10-14,13-23)31-22(30)18-3-1-2-4-27-18/h14-20,27H,1-11,13,26H2/t14-,15?,16?,17-,18?,19?,20+,23?,24?/m0/s1. The van der Waals surface area contributed by atoms with E-state index in [9.17, 15) is 14.9 Å². The van der Waals surface area contributed by atoms with E-state index < -0.39 is 11.6 Å². The van der Waals surface area contributed by atoms with E-state index in [1.165, 1.54) is 6.42 Å². The minimum atomic E-state index is -0.598. The van der Waals surface area contributed by atoms with Gasteiger partial charge in [-0.3, -0.25) is 9.59 Å². The Hall–Kier alpha value is -1.65. The van der Waals surface area contributed by atoms with E-state index in [-0.39, 0.29) is 35.4 Å². The second-order valence-electron chi connectivity index (χ2n) is 11.6. The van der Waals surface area contributed by atoms with Crippen LogP contribution in [-0.4, -0.2) is 53.1 Å². The molecule has 0 radical (unpaired) electrons. The zero-order chi connectivity index (χ0) is 21.4. The quantitative estimate of drug-likeness (QED) is 0.664. The molecule has 5 saturated carbocycles. The Morgan fingerprint density at radius 1 is 1.13 bits per heavy atom. The van der Waals surface area contributed by atoms with Gasteiger partial charge in [0.1, 0.15) is 17.7 Å². The molecule has 7 heteroatoms. The minimum Gasteiger partial charge on any atom is -0.458 e. The maximum atomic E-state index is 13.6. The number of nitrogens with two attached hydrogens (primary N) is 1. The summed E-state index contributed by atoms with van der Waals surface area (Å²) in [6, 6.07) is 1.44. The van der Waals surface area contributed by atoms with Crippen LogP contribution in [0, 0.1) is 34.5 Å². The number of fused-ring (bicyclic) bond motifs is 1. The van der Waals surface area contributed by atoms with Crippen LogP contribution in [0.5, 0.6) is 0 Å². The first-order valence-corrected chi connectivity index (χ1v) is 12.4. The number of nitrogens with one attached hydrogen (secondary N) is 1. The van der Waals surface area contributed by atoms with Crippen molar-refractivity contribution in [1.82, 2.24) is 10.2 Å². The third-order valence-corrected chi connectivity index (χ3v) is 9.40. The molecule has 31 heavy (non-hydrogen) atoms. The van der Waals surface area contributed by atoms with Crippen LogP contribution in [0.15, 0.2) is 0 Å². The minimum absolute atomic E-state index is 0.0334. The predicted molar refractivity (Wildman–Crippen MR) is 112 cm³/mol. The van der Waals surface area contributed by atoms with Gasteiger partial charge in [-0.05, 0) is 93.9 Å². The summed E-state index contributed by atoms with van der Waals surface area (Å²) >= 11 is 0. The molecule has 2 saturated heterocycles. The van der Waals surface area contributed by atoms with Crippen molar-refractivity contribution in [2.45, 2.75) is 100 Å². The fourth-order valence-corrected chi connectivity index (χ4v) is 8.38. The number of carbonyl (C=O) groups is 2. The van der Waals surface area contributed by atoms with Crippen LogP contribution in [0.1, 0.15) is 70.6 Å². The Morgan fingerprint density at radius 3 is 2.58 bits per heavy atom. The molecule has 0 aromatic rings. The number of carbonyl (C=O) groups excluding carboxylic acids is 2. The Balaban J connectivity index is 1.23. The second-order valence-corrected chi connectivity index (χ2v) is 11.6. The first kappa shape index (κ1) is 20.0. The highest BCUT2D eigenvalue weighted by molar-refractivity contribution is 5.84. The Labute approximate surface area is 184 Å². The lowest BCUT2D eigenvalue weighted by molar-refractivity contribution is -0.207. The lowest BCUT2D eigenvalue weighted by Crippen LogP contribution is -2.66. The van der Waals surface area contributed by atoms with Gasteiger partial charge < -0.3 is 20.7 Å². The summed E-state index contributed by atoms with van der Waals surface area (Å²) in [5, 5.41) is 12.9. The summed E-state index contributed by atoms with van der Waals surface area (Å²) in [4.78, 5) is 28.4. The fourth-order valence-electron chi connectivity index (χ4n) is 8.38. The second kappa shape index (κ2) is 6.92. The Kier molecular flexibility index (Phi) is 4.46. The molecule has 7 fully saturated rings. The van der Waals surface area contributed by atoms with Crippen molar-refractivity contribution >= 4 is 11.9 Å². The van der Waals surface area contributed by atoms with E-state index in [4.69, 9.17) is 10.5 Å². The molecule has 5 aliphatic carbocycles. The number of likely N-dealkylation sites (tertiary alicyclic amines) is 1. The van der Waals surface area contributed by atoms with E-state index in [1.54, 1.807) is 0 Å². The van der Waals surface area contributed by atoms with Gasteiger partial charge in [0.15, 0.2) is 0 Å². The molecule has 168 valence electrons. The average molecular weight is 427 g/mol. The molecule has 0 aromatic carbocycles. The summed E-state index contributed by atoms with van der Waals surface area (Å²) < 4.78 is 6.31. The first-order valence-electron chi connectivity index (χ1n) is 12.4. The molecule has 3 N–H and O–H groups in total. The van der Waals surface area contributed by atoms with Gasteiger partial charge in [-0.2, -0.15) is 5.26 Å². The number of rotatable bonds is 4. The number of ether oxygens (including phenoxy) is 1. The lowest BCUT2D eigenvalue weighted by atomic mass is 9.46. The highest BCUT2D eigenvalue weighted by atomic mass is 16.6. The van der Waals surface area contributed by atoms with Crippen LogP contribution in [0.2, 0.25) is 0 Å². The SMILES string of the molecule is N#C[C@@H]1CC2CC2N1C(=O)[C@@H](N)C12CC3C[C@H](CC(OC(=O)C4CCCCN4)(C3)C1)C2. The van der Waals surface area contributed by atoms with Crippen LogP contribution in [-0.2, 0) is 14.3 Å². The third-order valence-electron chi connectivity index (χ3n) is 9.40. The number of nitrogens with zero attached hydrogens (tertiary/aromatic N) is 2. The molecular formula is C24H34N4O3. The molecule has 0 spiro atoms. The maximum absolute atomic E-state index is 13.6. The van der Waals surface area contributed by atoms with Crippen molar-refractivity contribution in [2.24, 2.45) is 28.9 Å². The molecule has 1 amide bonds. The number of hydrogen-bond donors (Lipinski definition) is 2. The topological polar surface area (TPSA) is 108 Å². The van der Waals surface area contributed by atoms with E-state index >= 15 is 0 Å². The van der Waals surface area contributed by atoms with Gasteiger partial charge >= 0.3 is 5.97 Å². The molecule has 0 aromatic heterocycles. The van der Waals surface area contributed by atoms with Gasteiger partial charge in [0.25, 0.3) is 0 Å². The Bertz CT molecular complexity index is 817. The number of hydrogen-bond acceptors (Lipinski definition) is 6. The van der Waals surface area contributed by atoms with Crippen LogP contribution >= 0.6 is 0 Å². The zero-order valence-electron chi connectivity index (χ0n) is 18.2. The molecular weight excluding hydrogens is 392 g/mol. The summed E-state index contributed by atoms with van der Waals surface area (Å²) in [6.45, 7) is 0.874. The smallest absolute Gasteiger partial charge is 0.323 e. The van der Waals surface area contributed by atoms with Gasteiger partial charge in [0.05, 0.1) is 12.1 Å². The average Bonchev–Trinajstić information content (AvgIpc) is 3.41. The van der Waals surface area contributed by atoms with Crippen LogP contribution in [0.25, 0.3) is 0 Å². The number of amides is 1. The van der Waals surface area contributed by atoms with Crippen LogP contribution in [0.3, 0.4) is 0 Å². The van der Waals surface area contributed by atoms with Gasteiger partial charge in [-0.25, -0.2) is 0 Å². The van der Waals surface area contributed by atoms with Gasteiger partial charge in [-0.1, -0.05) is 6.42 Å². The van der Waals surface area contributed by atoms with Gasteiger partial charge in [0.2, 0.25) is 5.91 Å². The van der Waals surface area contributed by atoms with Gasteiger partial charge in [0, 0.05) is 6.04 Å². The van der Waals surface area contributed by atoms with E-state index in [1.807, 2.05) is 4.90 Å². The summed E-state index contributed by atoms with van der Waals surface area (Å²) in [5.41, 5.74) is 6.02. The van der Waals surface area contributed by atoms with E-state index in [0.29, 0.717) is 24.2 Å². The van der Waals surface area contributed by atoms with Crippen molar-refractivity contribution in [3.63, 3.8) is 0 Å².